The zero-order valence-electron chi connectivity index (χ0n) is 3.46. The molecule has 0 bridgehead atoms. The van der Waals surface area contributed by atoms with Gasteiger partial charge in [-0.3, -0.25) is 0 Å². The zero-order valence-corrected chi connectivity index (χ0v) is 6.76. The maximum atomic E-state index is 8.13. The second-order valence-corrected chi connectivity index (χ2v) is 2.71. The van der Waals surface area contributed by atoms with Crippen LogP contribution in [0.2, 0.25) is 4.44 Å². The summed E-state index contributed by atoms with van der Waals surface area (Å²) in [5.74, 6) is 0. The van der Waals surface area contributed by atoms with Gasteiger partial charge in [0.25, 0.3) is 0 Å². The summed E-state index contributed by atoms with van der Waals surface area (Å²) < 4.78 is 0.961. The van der Waals surface area contributed by atoms with Crippen LogP contribution < -0.4 is 0 Å². The number of hydrogen-bond donors (Lipinski definition) is 2. The predicted octanol–water partition coefficient (Wildman–Crippen LogP) is -0.994. The maximum absolute atomic E-state index is 8.13. The molecule has 0 saturated carbocycles. The third-order valence-corrected chi connectivity index (χ3v) is 1.38. The van der Waals surface area contributed by atoms with E-state index in [9.17, 15) is 0 Å². The normalized spacial score (nSPS) is 10.0. The molecule has 2 radical (unpaired) electrons. The first-order valence-electron chi connectivity index (χ1n) is 1.83. The summed E-state index contributed by atoms with van der Waals surface area (Å²) in [5, 5.41) is 16.3. The van der Waals surface area contributed by atoms with E-state index in [2.05, 4.69) is 0 Å². The monoisotopic (exact) mass is 196 g/mol. The fourth-order valence-corrected chi connectivity index (χ4v) is 1.00. The van der Waals surface area contributed by atoms with Gasteiger partial charge in [0.05, 0.1) is 0 Å². The van der Waals surface area contributed by atoms with Gasteiger partial charge in [-0.15, -0.1) is 0 Å². The Morgan fingerprint density at radius 1 is 1.50 bits per heavy atom. The fourth-order valence-electron chi connectivity index (χ4n) is 0.149. The second kappa shape index (κ2) is 3.89. The van der Waals surface area contributed by atoms with E-state index < -0.39 is 6.29 Å². The number of rotatable bonds is 2. The molecule has 0 atom stereocenters. The SMILES string of the molecule is OC(O)C[CH2][SnH]. The molecule has 0 aromatic rings. The topological polar surface area (TPSA) is 40.5 Å². The third kappa shape index (κ3) is 4.72. The van der Waals surface area contributed by atoms with Crippen LogP contribution in [-0.2, 0) is 0 Å². The Bertz CT molecular complexity index is 30.0. The molecule has 0 saturated heterocycles. The van der Waals surface area contributed by atoms with Gasteiger partial charge in [-0.05, 0) is 0 Å². The Morgan fingerprint density at radius 2 is 2.00 bits per heavy atom. The molecule has 0 aromatic carbocycles. The van der Waals surface area contributed by atoms with Crippen molar-refractivity contribution in [2.75, 3.05) is 0 Å². The average molecular weight is 195 g/mol. The van der Waals surface area contributed by atoms with Gasteiger partial charge in [-0.2, -0.15) is 0 Å². The van der Waals surface area contributed by atoms with E-state index in [0.29, 0.717) is 6.42 Å². The van der Waals surface area contributed by atoms with Crippen LogP contribution in [0.4, 0.5) is 0 Å². The third-order valence-electron chi connectivity index (χ3n) is 0.425. The molecule has 2 nitrogen and oxygen atoms in total. The number of aliphatic hydroxyl groups is 2. The van der Waals surface area contributed by atoms with Crippen LogP contribution in [-0.4, -0.2) is 39.0 Å². The molecule has 0 aliphatic rings. The Hall–Kier alpha value is 0.719. The van der Waals surface area contributed by atoms with Crippen molar-refractivity contribution in [2.24, 2.45) is 0 Å². The molecule has 0 spiro atoms. The van der Waals surface area contributed by atoms with Gasteiger partial charge in [0, 0.05) is 0 Å². The van der Waals surface area contributed by atoms with Gasteiger partial charge in [0.1, 0.15) is 0 Å². The van der Waals surface area contributed by atoms with Gasteiger partial charge < -0.3 is 0 Å². The summed E-state index contributed by atoms with van der Waals surface area (Å²) in [7, 11) is 0. The van der Waals surface area contributed by atoms with Crippen molar-refractivity contribution in [3.63, 3.8) is 0 Å². The van der Waals surface area contributed by atoms with Crippen molar-refractivity contribution in [1.82, 2.24) is 0 Å². The second-order valence-electron chi connectivity index (χ2n) is 1.06. The first-order valence-corrected chi connectivity index (χ1v) is 4.16. The summed E-state index contributed by atoms with van der Waals surface area (Å²) in [6.45, 7) is 0. The quantitative estimate of drug-likeness (QED) is 0.438. The Balaban J connectivity index is 2.63. The van der Waals surface area contributed by atoms with Crippen LogP contribution in [0.3, 0.4) is 0 Å². The van der Waals surface area contributed by atoms with E-state index in [1.54, 1.807) is 0 Å². The fraction of sp³-hybridized carbons (Fsp3) is 1.00. The van der Waals surface area contributed by atoms with Crippen molar-refractivity contribution in [3.8, 4) is 0 Å². The van der Waals surface area contributed by atoms with Crippen molar-refractivity contribution >= 4 is 22.5 Å². The summed E-state index contributed by atoms with van der Waals surface area (Å²) in [5.41, 5.74) is 0. The molecular formula is C3H8O2Sn. The molecule has 6 heavy (non-hydrogen) atoms. The molecule has 0 aliphatic heterocycles. The Labute approximate surface area is 50.3 Å². The van der Waals surface area contributed by atoms with Crippen LogP contribution in [0, 0.1) is 0 Å². The van der Waals surface area contributed by atoms with Crippen LogP contribution in [0.25, 0.3) is 0 Å². The summed E-state index contributed by atoms with van der Waals surface area (Å²) >= 11 is 1.12. The van der Waals surface area contributed by atoms with E-state index in [1.165, 1.54) is 0 Å². The number of hydrogen-bond acceptors (Lipinski definition) is 2. The minimum absolute atomic E-state index is 0.544. The molecule has 0 fully saturated rings. The molecule has 0 aromatic heterocycles. The van der Waals surface area contributed by atoms with Crippen molar-refractivity contribution < 1.29 is 10.2 Å². The summed E-state index contributed by atoms with van der Waals surface area (Å²) in [6.07, 6.45) is -0.525. The van der Waals surface area contributed by atoms with Gasteiger partial charge in [0.15, 0.2) is 0 Å². The van der Waals surface area contributed by atoms with Crippen LogP contribution >= 0.6 is 0 Å². The molecular weight excluding hydrogens is 187 g/mol. The molecule has 0 amide bonds. The van der Waals surface area contributed by atoms with Gasteiger partial charge in [0.2, 0.25) is 0 Å². The van der Waals surface area contributed by atoms with Gasteiger partial charge >= 0.3 is 49.9 Å². The first kappa shape index (κ1) is 6.72. The first-order chi connectivity index (χ1) is 2.77. The molecule has 0 aliphatic carbocycles. The van der Waals surface area contributed by atoms with E-state index in [-0.39, 0.29) is 0 Å². The Morgan fingerprint density at radius 3 is 2.00 bits per heavy atom. The van der Waals surface area contributed by atoms with Crippen LogP contribution in [0.15, 0.2) is 0 Å². The van der Waals surface area contributed by atoms with Crippen LogP contribution in [0.1, 0.15) is 6.42 Å². The average Bonchev–Trinajstić information content (AvgIpc) is 1.35. The predicted molar refractivity (Wildman–Crippen MR) is 24.8 cm³/mol. The van der Waals surface area contributed by atoms with E-state index in [4.69, 9.17) is 10.2 Å². The molecule has 36 valence electrons. The molecule has 2 N–H and O–H groups in total. The van der Waals surface area contributed by atoms with Crippen molar-refractivity contribution in [3.05, 3.63) is 0 Å². The minimum atomic E-state index is -1.07. The van der Waals surface area contributed by atoms with Crippen molar-refractivity contribution in [1.29, 1.82) is 0 Å². The molecule has 0 unspecified atom stereocenters. The zero-order chi connectivity index (χ0) is 4.99. The summed E-state index contributed by atoms with van der Waals surface area (Å²) in [4.78, 5) is 0. The van der Waals surface area contributed by atoms with Crippen LogP contribution in [0.5, 0.6) is 0 Å². The Kier molecular flexibility index (Phi) is 4.36. The van der Waals surface area contributed by atoms with Crippen molar-refractivity contribution in [2.45, 2.75) is 17.1 Å². The molecule has 3 heteroatoms. The van der Waals surface area contributed by atoms with E-state index >= 15 is 0 Å². The van der Waals surface area contributed by atoms with E-state index in [1.807, 2.05) is 0 Å². The number of aliphatic hydroxyl groups excluding tert-OH is 1. The molecule has 0 rings (SSSR count). The van der Waals surface area contributed by atoms with Gasteiger partial charge in [-0.25, -0.2) is 0 Å². The van der Waals surface area contributed by atoms with E-state index in [0.717, 1.165) is 27.0 Å². The molecule has 0 heterocycles. The van der Waals surface area contributed by atoms with Gasteiger partial charge in [-0.1, -0.05) is 0 Å². The summed E-state index contributed by atoms with van der Waals surface area (Å²) in [6, 6.07) is 0. The standard InChI is InChI=1S/C3H7O2.Sn.H/c1-2-3(4)5;;/h3-5H,1-2H2;;.